The highest BCUT2D eigenvalue weighted by Gasteiger charge is 2.21. The minimum atomic E-state index is -0.175. The maximum Gasteiger partial charge on any atom is 0.272 e. The van der Waals surface area contributed by atoms with Crippen molar-refractivity contribution < 1.29 is 9.32 Å². The summed E-state index contributed by atoms with van der Waals surface area (Å²) in [5, 5.41) is 17.1. The van der Waals surface area contributed by atoms with Crippen LogP contribution in [0.15, 0.2) is 4.52 Å². The van der Waals surface area contributed by atoms with Crippen molar-refractivity contribution in [1.82, 2.24) is 26.0 Å². The summed E-state index contributed by atoms with van der Waals surface area (Å²) in [6.45, 7) is 5.68. The van der Waals surface area contributed by atoms with Gasteiger partial charge in [0.25, 0.3) is 5.91 Å². The smallest absolute Gasteiger partial charge is 0.272 e. The summed E-state index contributed by atoms with van der Waals surface area (Å²) in [5.74, 6) is 0.555. The molecule has 0 saturated carbocycles. The maximum absolute atomic E-state index is 12.2. The number of aromatic amines is 1. The molecule has 0 fully saturated rings. The van der Waals surface area contributed by atoms with Crippen molar-refractivity contribution >= 4 is 18.3 Å². The van der Waals surface area contributed by atoms with Gasteiger partial charge in [-0.3, -0.25) is 9.89 Å². The average Bonchev–Trinajstić information content (AvgIpc) is 3.01. The lowest BCUT2D eigenvalue weighted by Crippen LogP contribution is -2.28. The van der Waals surface area contributed by atoms with Gasteiger partial charge in [-0.15, -0.1) is 12.4 Å². The van der Waals surface area contributed by atoms with Crippen LogP contribution in [0.4, 0.5) is 0 Å². The molecule has 0 aromatic carbocycles. The van der Waals surface area contributed by atoms with Crippen LogP contribution in [-0.2, 0) is 19.5 Å². The van der Waals surface area contributed by atoms with Gasteiger partial charge in [-0.1, -0.05) is 5.16 Å². The number of amides is 1. The Bertz CT molecular complexity index is 630. The van der Waals surface area contributed by atoms with Gasteiger partial charge in [-0.05, 0) is 13.8 Å². The molecular weight excluding hydrogens is 294 g/mol. The molecule has 114 valence electrons. The molecule has 2 aromatic heterocycles. The molecule has 1 aliphatic heterocycles. The zero-order valence-electron chi connectivity index (χ0n) is 11.9. The Morgan fingerprint density at radius 2 is 2.24 bits per heavy atom. The zero-order valence-corrected chi connectivity index (χ0v) is 12.8. The Labute approximate surface area is 128 Å². The molecule has 3 heterocycles. The van der Waals surface area contributed by atoms with Crippen LogP contribution in [0, 0.1) is 13.8 Å². The second kappa shape index (κ2) is 6.28. The minimum absolute atomic E-state index is 0. The van der Waals surface area contributed by atoms with Gasteiger partial charge in [0.1, 0.15) is 5.76 Å². The van der Waals surface area contributed by atoms with E-state index in [0.717, 1.165) is 41.2 Å². The van der Waals surface area contributed by atoms with Gasteiger partial charge in [-0.25, -0.2) is 0 Å². The van der Waals surface area contributed by atoms with E-state index in [2.05, 4.69) is 26.0 Å². The number of hydrogen-bond acceptors (Lipinski definition) is 5. The highest BCUT2D eigenvalue weighted by atomic mass is 35.5. The number of aryl methyl sites for hydroxylation is 2. The van der Waals surface area contributed by atoms with Crippen molar-refractivity contribution in [1.29, 1.82) is 0 Å². The van der Waals surface area contributed by atoms with Crippen LogP contribution in [0.2, 0.25) is 0 Å². The summed E-state index contributed by atoms with van der Waals surface area (Å²) in [6, 6.07) is 0. The van der Waals surface area contributed by atoms with Crippen molar-refractivity contribution in [3.05, 3.63) is 34.0 Å². The van der Waals surface area contributed by atoms with Crippen LogP contribution in [0.1, 0.15) is 38.8 Å². The van der Waals surface area contributed by atoms with E-state index in [0.29, 0.717) is 18.8 Å². The largest absolute Gasteiger partial charge is 0.361 e. The predicted octanol–water partition coefficient (Wildman–Crippen LogP) is 1.01. The van der Waals surface area contributed by atoms with Crippen LogP contribution >= 0.6 is 12.4 Å². The van der Waals surface area contributed by atoms with E-state index in [1.165, 1.54) is 0 Å². The molecule has 0 unspecified atom stereocenters. The van der Waals surface area contributed by atoms with Crippen LogP contribution in [-0.4, -0.2) is 27.8 Å². The third kappa shape index (κ3) is 2.93. The fraction of sp³-hybridized carbons (Fsp3) is 0.462. The molecule has 0 aliphatic carbocycles. The summed E-state index contributed by atoms with van der Waals surface area (Å²) in [4.78, 5) is 12.2. The maximum atomic E-state index is 12.2. The Balaban J connectivity index is 0.00000161. The molecule has 0 radical (unpaired) electrons. The van der Waals surface area contributed by atoms with Gasteiger partial charge >= 0.3 is 0 Å². The van der Waals surface area contributed by atoms with Crippen LogP contribution in [0.5, 0.6) is 0 Å². The summed E-state index contributed by atoms with van der Waals surface area (Å²) in [5.41, 5.74) is 4.20. The van der Waals surface area contributed by atoms with Crippen molar-refractivity contribution in [3.63, 3.8) is 0 Å². The summed E-state index contributed by atoms with van der Waals surface area (Å²) in [6.07, 6.45) is 0.874. The second-order valence-electron chi connectivity index (χ2n) is 4.94. The first-order valence-corrected chi connectivity index (χ1v) is 6.63. The zero-order chi connectivity index (χ0) is 14.1. The molecule has 0 atom stereocenters. The van der Waals surface area contributed by atoms with Crippen LogP contribution in [0.3, 0.4) is 0 Å². The molecule has 1 aliphatic rings. The number of rotatable bonds is 3. The Morgan fingerprint density at radius 1 is 1.43 bits per heavy atom. The summed E-state index contributed by atoms with van der Waals surface area (Å²) >= 11 is 0. The van der Waals surface area contributed by atoms with Crippen molar-refractivity contribution in [3.8, 4) is 0 Å². The standard InChI is InChI=1S/C13H17N5O2.ClH/c1-7-9(8(2)20-18-7)6-15-13(19)12-10-5-14-4-3-11(10)16-17-12;/h14H,3-6H2,1-2H3,(H,15,19)(H,16,17);1H. The number of H-pyrrole nitrogens is 1. The third-order valence-electron chi connectivity index (χ3n) is 3.63. The molecule has 21 heavy (non-hydrogen) atoms. The number of fused-ring (bicyclic) bond motifs is 1. The molecular formula is C13H18ClN5O2. The first kappa shape index (κ1) is 15.5. The van der Waals surface area contributed by atoms with Crippen molar-refractivity contribution in [2.45, 2.75) is 33.4 Å². The molecule has 0 saturated heterocycles. The average molecular weight is 312 g/mol. The lowest BCUT2D eigenvalue weighted by atomic mass is 10.1. The topological polar surface area (TPSA) is 95.8 Å². The predicted molar refractivity (Wildman–Crippen MR) is 78.4 cm³/mol. The van der Waals surface area contributed by atoms with E-state index < -0.39 is 0 Å². The molecule has 3 rings (SSSR count). The number of hydrogen-bond donors (Lipinski definition) is 3. The number of carbonyl (C=O) groups excluding carboxylic acids is 1. The number of halogens is 1. The molecule has 0 spiro atoms. The summed E-state index contributed by atoms with van der Waals surface area (Å²) < 4.78 is 5.08. The van der Waals surface area contributed by atoms with Gasteiger partial charge < -0.3 is 15.2 Å². The Morgan fingerprint density at radius 3 is 2.95 bits per heavy atom. The molecule has 2 aromatic rings. The lowest BCUT2D eigenvalue weighted by molar-refractivity contribution is 0.0944. The normalized spacial score (nSPS) is 13.4. The highest BCUT2D eigenvalue weighted by molar-refractivity contribution is 5.94. The van der Waals surface area contributed by atoms with Gasteiger partial charge in [0.15, 0.2) is 5.69 Å². The van der Waals surface area contributed by atoms with E-state index in [1.54, 1.807) is 0 Å². The quantitative estimate of drug-likeness (QED) is 0.786. The van der Waals surface area contributed by atoms with Gasteiger partial charge in [0.05, 0.1) is 5.69 Å². The SMILES string of the molecule is Cc1noc(C)c1CNC(=O)c1n[nH]c2c1CNCC2.Cl. The fourth-order valence-electron chi connectivity index (χ4n) is 2.42. The molecule has 3 N–H and O–H groups in total. The van der Waals surface area contributed by atoms with Gasteiger partial charge in [0.2, 0.25) is 0 Å². The third-order valence-corrected chi connectivity index (χ3v) is 3.63. The fourth-order valence-corrected chi connectivity index (χ4v) is 2.42. The Hall–Kier alpha value is -1.86. The molecule has 8 heteroatoms. The van der Waals surface area contributed by atoms with E-state index in [9.17, 15) is 4.79 Å². The van der Waals surface area contributed by atoms with Gasteiger partial charge in [-0.2, -0.15) is 5.10 Å². The summed E-state index contributed by atoms with van der Waals surface area (Å²) in [7, 11) is 0. The highest BCUT2D eigenvalue weighted by Crippen LogP contribution is 2.16. The molecule has 0 bridgehead atoms. The van der Waals surface area contributed by atoms with E-state index >= 15 is 0 Å². The minimum Gasteiger partial charge on any atom is -0.361 e. The number of carbonyl (C=O) groups is 1. The Kier molecular flexibility index (Phi) is 4.64. The van der Waals surface area contributed by atoms with Crippen LogP contribution in [0.25, 0.3) is 0 Å². The monoisotopic (exact) mass is 311 g/mol. The van der Waals surface area contributed by atoms with E-state index in [4.69, 9.17) is 4.52 Å². The number of aromatic nitrogens is 3. The molecule has 1 amide bonds. The van der Waals surface area contributed by atoms with Crippen molar-refractivity contribution in [2.24, 2.45) is 0 Å². The molecule has 7 nitrogen and oxygen atoms in total. The second-order valence-corrected chi connectivity index (χ2v) is 4.94. The lowest BCUT2D eigenvalue weighted by Gasteiger charge is -2.12. The van der Waals surface area contributed by atoms with Gasteiger partial charge in [0, 0.05) is 42.9 Å². The van der Waals surface area contributed by atoms with Crippen LogP contribution < -0.4 is 10.6 Å². The van der Waals surface area contributed by atoms with E-state index in [-0.39, 0.29) is 18.3 Å². The number of nitrogens with one attached hydrogen (secondary N) is 3. The first-order chi connectivity index (χ1) is 9.66. The van der Waals surface area contributed by atoms with E-state index in [1.807, 2.05) is 13.8 Å². The van der Waals surface area contributed by atoms with Crippen molar-refractivity contribution in [2.75, 3.05) is 6.54 Å². The first-order valence-electron chi connectivity index (χ1n) is 6.63. The number of nitrogens with zero attached hydrogens (tertiary/aromatic N) is 2.